The van der Waals surface area contributed by atoms with E-state index in [2.05, 4.69) is 33.0 Å². The Labute approximate surface area is 118 Å². The van der Waals surface area contributed by atoms with Crippen molar-refractivity contribution in [1.29, 1.82) is 0 Å². The Balaban J connectivity index is 1.74. The number of hydrogen-bond acceptors (Lipinski definition) is 3. The van der Waals surface area contributed by atoms with E-state index in [-0.39, 0.29) is 0 Å². The summed E-state index contributed by atoms with van der Waals surface area (Å²) in [5.74, 6) is 0.864. The van der Waals surface area contributed by atoms with Crippen molar-refractivity contribution in [2.75, 3.05) is 26.9 Å². The van der Waals surface area contributed by atoms with Crippen LogP contribution in [0.5, 0.6) is 0 Å². The quantitative estimate of drug-likeness (QED) is 0.721. The van der Waals surface area contributed by atoms with E-state index in [1.54, 1.807) is 7.11 Å². The normalized spacial score (nSPS) is 37.7. The Morgan fingerprint density at radius 2 is 2.05 bits per heavy atom. The van der Waals surface area contributed by atoms with Crippen molar-refractivity contribution in [2.45, 2.75) is 59.1 Å². The first-order valence-electron chi connectivity index (χ1n) is 7.75. The summed E-state index contributed by atoms with van der Waals surface area (Å²) in [5.41, 5.74) is 0.838. The third-order valence-corrected chi connectivity index (χ3v) is 6.04. The summed E-state index contributed by atoms with van der Waals surface area (Å²) >= 11 is 0. The summed E-state index contributed by atoms with van der Waals surface area (Å²) in [7, 11) is 1.74. The predicted octanol–water partition coefficient (Wildman–Crippen LogP) is 2.84. The second-order valence-electron chi connectivity index (χ2n) is 7.28. The van der Waals surface area contributed by atoms with Crippen LogP contribution in [0.2, 0.25) is 0 Å². The van der Waals surface area contributed by atoms with Gasteiger partial charge in [-0.05, 0) is 42.9 Å². The fourth-order valence-electron chi connectivity index (χ4n) is 4.20. The number of hydrogen-bond donors (Lipinski definition) is 1. The molecule has 4 unspecified atom stereocenters. The largest absolute Gasteiger partial charge is 0.383 e. The molecule has 2 aliphatic rings. The molecule has 0 aliphatic heterocycles. The summed E-state index contributed by atoms with van der Waals surface area (Å²) in [4.78, 5) is 0. The third-order valence-electron chi connectivity index (χ3n) is 6.04. The topological polar surface area (TPSA) is 30.5 Å². The second-order valence-corrected chi connectivity index (χ2v) is 7.28. The Kier molecular flexibility index (Phi) is 4.59. The van der Waals surface area contributed by atoms with Crippen LogP contribution in [0.15, 0.2) is 0 Å². The third kappa shape index (κ3) is 2.70. The van der Waals surface area contributed by atoms with Gasteiger partial charge in [0.05, 0.1) is 19.3 Å². The molecule has 2 aliphatic carbocycles. The van der Waals surface area contributed by atoms with Crippen LogP contribution in [0.1, 0.15) is 47.0 Å². The summed E-state index contributed by atoms with van der Waals surface area (Å²) in [5, 5.41) is 3.43. The highest BCUT2D eigenvalue weighted by molar-refractivity contribution is 5.11. The fourth-order valence-corrected chi connectivity index (χ4v) is 4.20. The first kappa shape index (κ1) is 15.3. The number of ether oxygens (including phenoxy) is 2. The minimum absolute atomic E-state index is 0.385. The first-order chi connectivity index (χ1) is 8.91. The van der Waals surface area contributed by atoms with Crippen LogP contribution in [0.3, 0.4) is 0 Å². The van der Waals surface area contributed by atoms with Gasteiger partial charge in [0.1, 0.15) is 0 Å². The molecule has 2 saturated carbocycles. The zero-order valence-corrected chi connectivity index (χ0v) is 13.3. The lowest BCUT2D eigenvalue weighted by Crippen LogP contribution is -2.39. The van der Waals surface area contributed by atoms with Gasteiger partial charge in [-0.25, -0.2) is 0 Å². The molecule has 0 aromatic heterocycles. The van der Waals surface area contributed by atoms with Crippen molar-refractivity contribution in [3.63, 3.8) is 0 Å². The highest BCUT2D eigenvalue weighted by Gasteiger charge is 2.61. The van der Waals surface area contributed by atoms with Gasteiger partial charge >= 0.3 is 0 Å². The van der Waals surface area contributed by atoms with Gasteiger partial charge < -0.3 is 14.8 Å². The summed E-state index contributed by atoms with van der Waals surface area (Å²) in [6.45, 7) is 12.0. The SMILES string of the molecule is COCC(C)NCCOC1CC2CCC1(C)C2(C)C. The number of nitrogens with one attached hydrogen (secondary N) is 1. The molecule has 1 N–H and O–H groups in total. The maximum atomic E-state index is 6.20. The molecular weight excluding hydrogens is 238 g/mol. The number of rotatable bonds is 7. The van der Waals surface area contributed by atoms with E-state index in [1.807, 2.05) is 0 Å². The summed E-state index contributed by atoms with van der Waals surface area (Å²) in [6.07, 6.45) is 4.45. The van der Waals surface area contributed by atoms with Crippen molar-refractivity contribution in [3.05, 3.63) is 0 Å². The highest BCUT2D eigenvalue weighted by atomic mass is 16.5. The van der Waals surface area contributed by atoms with Crippen molar-refractivity contribution >= 4 is 0 Å². The molecule has 0 heterocycles. The average Bonchev–Trinajstić information content (AvgIpc) is 2.67. The smallest absolute Gasteiger partial charge is 0.0637 e. The van der Waals surface area contributed by atoms with Crippen molar-refractivity contribution in [2.24, 2.45) is 16.7 Å². The maximum Gasteiger partial charge on any atom is 0.0637 e. The van der Waals surface area contributed by atoms with E-state index in [4.69, 9.17) is 9.47 Å². The molecule has 0 spiro atoms. The lowest BCUT2D eigenvalue weighted by atomic mass is 9.70. The van der Waals surface area contributed by atoms with Crippen LogP contribution in [-0.4, -0.2) is 39.0 Å². The Morgan fingerprint density at radius 3 is 2.58 bits per heavy atom. The van der Waals surface area contributed by atoms with Gasteiger partial charge in [0, 0.05) is 19.7 Å². The second kappa shape index (κ2) is 5.71. The van der Waals surface area contributed by atoms with Crippen LogP contribution in [0, 0.1) is 16.7 Å². The van der Waals surface area contributed by atoms with Gasteiger partial charge in [0.15, 0.2) is 0 Å². The lowest BCUT2D eigenvalue weighted by molar-refractivity contribution is -0.0456. The molecule has 19 heavy (non-hydrogen) atoms. The van der Waals surface area contributed by atoms with Gasteiger partial charge in [-0.3, -0.25) is 0 Å². The average molecular weight is 269 g/mol. The fraction of sp³-hybridized carbons (Fsp3) is 1.00. The predicted molar refractivity (Wildman–Crippen MR) is 78.3 cm³/mol. The minimum atomic E-state index is 0.385. The molecule has 3 heteroatoms. The molecule has 112 valence electrons. The lowest BCUT2D eigenvalue weighted by Gasteiger charge is -2.39. The van der Waals surface area contributed by atoms with Crippen molar-refractivity contribution < 1.29 is 9.47 Å². The zero-order chi connectivity index (χ0) is 14.1. The van der Waals surface area contributed by atoms with Gasteiger partial charge in [0.2, 0.25) is 0 Å². The van der Waals surface area contributed by atoms with Gasteiger partial charge in [0.25, 0.3) is 0 Å². The van der Waals surface area contributed by atoms with E-state index >= 15 is 0 Å². The molecule has 4 atom stereocenters. The molecule has 0 radical (unpaired) electrons. The van der Waals surface area contributed by atoms with Crippen LogP contribution in [0.25, 0.3) is 0 Å². The molecule has 0 amide bonds. The molecule has 2 rings (SSSR count). The molecule has 2 bridgehead atoms. The van der Waals surface area contributed by atoms with E-state index < -0.39 is 0 Å². The van der Waals surface area contributed by atoms with Crippen LogP contribution >= 0.6 is 0 Å². The van der Waals surface area contributed by atoms with Crippen LogP contribution < -0.4 is 5.32 Å². The minimum Gasteiger partial charge on any atom is -0.383 e. The standard InChI is InChI=1S/C16H31NO2/c1-12(11-18-5)17-8-9-19-14-10-13-6-7-16(14,4)15(13,2)3/h12-14,17H,6-11H2,1-5H3. The number of methoxy groups -OCH3 is 1. The van der Waals surface area contributed by atoms with Crippen LogP contribution in [-0.2, 0) is 9.47 Å². The highest BCUT2D eigenvalue weighted by Crippen LogP contribution is 2.66. The molecule has 0 saturated heterocycles. The monoisotopic (exact) mass is 269 g/mol. The van der Waals surface area contributed by atoms with Crippen molar-refractivity contribution in [1.82, 2.24) is 5.32 Å². The molecule has 2 fully saturated rings. The zero-order valence-electron chi connectivity index (χ0n) is 13.3. The molecule has 0 aromatic rings. The first-order valence-corrected chi connectivity index (χ1v) is 7.75. The van der Waals surface area contributed by atoms with E-state index in [9.17, 15) is 0 Å². The molecular formula is C16H31NO2. The van der Waals surface area contributed by atoms with Crippen LogP contribution in [0.4, 0.5) is 0 Å². The summed E-state index contributed by atoms with van der Waals surface area (Å²) in [6, 6.07) is 0.403. The van der Waals surface area contributed by atoms with Gasteiger partial charge in [-0.2, -0.15) is 0 Å². The summed E-state index contributed by atoms with van der Waals surface area (Å²) < 4.78 is 11.3. The van der Waals surface area contributed by atoms with Gasteiger partial charge in [-0.1, -0.05) is 20.8 Å². The van der Waals surface area contributed by atoms with E-state index in [0.717, 1.165) is 25.7 Å². The van der Waals surface area contributed by atoms with E-state index in [0.29, 0.717) is 23.0 Å². The van der Waals surface area contributed by atoms with Crippen molar-refractivity contribution in [3.8, 4) is 0 Å². The number of fused-ring (bicyclic) bond motifs is 2. The molecule has 0 aromatic carbocycles. The van der Waals surface area contributed by atoms with E-state index in [1.165, 1.54) is 19.3 Å². The van der Waals surface area contributed by atoms with Gasteiger partial charge in [-0.15, -0.1) is 0 Å². The Bertz CT molecular complexity index is 305. The molecule has 3 nitrogen and oxygen atoms in total. The Morgan fingerprint density at radius 1 is 1.32 bits per heavy atom. The Hall–Kier alpha value is -0.120. The maximum absolute atomic E-state index is 6.20.